The highest BCUT2D eigenvalue weighted by atomic mass is 16.3. The molecule has 88 valence electrons. The van der Waals surface area contributed by atoms with Gasteiger partial charge < -0.3 is 10.0 Å². The summed E-state index contributed by atoms with van der Waals surface area (Å²) in [7, 11) is 0. The Bertz CT molecular complexity index is 216. The van der Waals surface area contributed by atoms with Gasteiger partial charge in [0.2, 0.25) is 5.91 Å². The second kappa shape index (κ2) is 5.50. The first-order valence-electron chi connectivity index (χ1n) is 5.99. The van der Waals surface area contributed by atoms with Crippen molar-refractivity contribution in [1.82, 2.24) is 4.90 Å². The quantitative estimate of drug-likeness (QED) is 0.771. The zero-order valence-corrected chi connectivity index (χ0v) is 10.1. The van der Waals surface area contributed by atoms with Crippen LogP contribution in [0.25, 0.3) is 0 Å². The number of carbonyl (C=O) groups is 1. The maximum atomic E-state index is 12.2. The van der Waals surface area contributed by atoms with Crippen molar-refractivity contribution in [2.24, 2.45) is 11.8 Å². The fourth-order valence-corrected chi connectivity index (χ4v) is 2.46. The molecule has 0 aliphatic heterocycles. The molecule has 0 heterocycles. The number of rotatable bonds is 4. The van der Waals surface area contributed by atoms with Gasteiger partial charge in [0.1, 0.15) is 0 Å². The minimum Gasteiger partial charge on any atom is -0.395 e. The minimum absolute atomic E-state index is 0.0605. The van der Waals surface area contributed by atoms with E-state index in [1.54, 1.807) is 0 Å². The van der Waals surface area contributed by atoms with Crippen molar-refractivity contribution in [3.8, 4) is 0 Å². The van der Waals surface area contributed by atoms with Crippen LogP contribution >= 0.6 is 0 Å². The van der Waals surface area contributed by atoms with Crippen LogP contribution in [0, 0.1) is 11.8 Å². The van der Waals surface area contributed by atoms with E-state index in [4.69, 9.17) is 5.11 Å². The van der Waals surface area contributed by atoms with Crippen molar-refractivity contribution in [2.75, 3.05) is 13.2 Å². The monoisotopic (exact) mass is 213 g/mol. The number of hydrogen-bond acceptors (Lipinski definition) is 2. The topological polar surface area (TPSA) is 40.5 Å². The molecule has 1 saturated carbocycles. The lowest BCUT2D eigenvalue weighted by Crippen LogP contribution is -2.43. The Morgan fingerprint density at radius 1 is 1.47 bits per heavy atom. The zero-order valence-electron chi connectivity index (χ0n) is 10.1. The molecule has 0 bridgehead atoms. The molecule has 3 nitrogen and oxygen atoms in total. The van der Waals surface area contributed by atoms with Gasteiger partial charge in [-0.15, -0.1) is 0 Å². The van der Waals surface area contributed by atoms with Crippen LogP contribution in [0.5, 0.6) is 0 Å². The number of aliphatic hydroxyl groups is 1. The molecule has 1 rings (SSSR count). The minimum atomic E-state index is 0.0605. The summed E-state index contributed by atoms with van der Waals surface area (Å²) >= 11 is 0. The summed E-state index contributed by atoms with van der Waals surface area (Å²) < 4.78 is 0. The van der Waals surface area contributed by atoms with Gasteiger partial charge in [-0.25, -0.2) is 0 Å². The average molecular weight is 213 g/mol. The molecule has 2 unspecified atom stereocenters. The van der Waals surface area contributed by atoms with Crippen molar-refractivity contribution >= 4 is 5.91 Å². The van der Waals surface area contributed by atoms with Crippen molar-refractivity contribution in [2.45, 2.75) is 46.1 Å². The van der Waals surface area contributed by atoms with Crippen LogP contribution in [-0.2, 0) is 4.79 Å². The van der Waals surface area contributed by atoms with E-state index in [9.17, 15) is 4.79 Å². The lowest BCUT2D eigenvalue weighted by Gasteiger charge is -2.30. The summed E-state index contributed by atoms with van der Waals surface area (Å²) in [5.74, 6) is 0.945. The standard InChI is InChI=1S/C12H23NO2/c1-9(2)13(7-8-14)12(15)11-6-4-5-10(11)3/h9-11,14H,4-8H2,1-3H3. The van der Waals surface area contributed by atoms with E-state index >= 15 is 0 Å². The highest BCUT2D eigenvalue weighted by molar-refractivity contribution is 5.79. The molecule has 1 fully saturated rings. The third-order valence-corrected chi connectivity index (χ3v) is 3.43. The predicted molar refractivity (Wildman–Crippen MR) is 60.4 cm³/mol. The number of hydrogen-bond donors (Lipinski definition) is 1. The summed E-state index contributed by atoms with van der Waals surface area (Å²) in [5, 5.41) is 8.95. The lowest BCUT2D eigenvalue weighted by atomic mass is 9.96. The van der Waals surface area contributed by atoms with Crippen LogP contribution in [0.4, 0.5) is 0 Å². The van der Waals surface area contributed by atoms with Crippen LogP contribution in [0.3, 0.4) is 0 Å². The fraction of sp³-hybridized carbons (Fsp3) is 0.917. The normalized spacial score (nSPS) is 25.9. The number of amides is 1. The van der Waals surface area contributed by atoms with Crippen molar-refractivity contribution < 1.29 is 9.90 Å². The highest BCUT2D eigenvalue weighted by Gasteiger charge is 2.33. The van der Waals surface area contributed by atoms with Crippen molar-refractivity contribution in [3.63, 3.8) is 0 Å². The molecule has 2 atom stereocenters. The third kappa shape index (κ3) is 2.94. The van der Waals surface area contributed by atoms with Gasteiger partial charge >= 0.3 is 0 Å². The Balaban J connectivity index is 2.62. The molecule has 0 spiro atoms. The summed E-state index contributed by atoms with van der Waals surface area (Å²) in [6, 6.07) is 0.192. The SMILES string of the molecule is CC1CCCC1C(=O)N(CCO)C(C)C. The van der Waals surface area contributed by atoms with Gasteiger partial charge in [-0.05, 0) is 32.6 Å². The summed E-state index contributed by atoms with van der Waals surface area (Å²) in [6.07, 6.45) is 3.36. The Morgan fingerprint density at radius 3 is 2.53 bits per heavy atom. The van der Waals surface area contributed by atoms with Crippen LogP contribution in [-0.4, -0.2) is 35.1 Å². The second-order valence-electron chi connectivity index (χ2n) is 4.86. The molecule has 1 aliphatic carbocycles. The molecular weight excluding hydrogens is 190 g/mol. The highest BCUT2D eigenvalue weighted by Crippen LogP contribution is 2.32. The first kappa shape index (κ1) is 12.5. The van der Waals surface area contributed by atoms with E-state index in [0.29, 0.717) is 12.5 Å². The summed E-state index contributed by atoms with van der Waals surface area (Å²) in [4.78, 5) is 14.0. The zero-order chi connectivity index (χ0) is 11.4. The number of aliphatic hydroxyl groups excluding tert-OH is 1. The van der Waals surface area contributed by atoms with Crippen LogP contribution in [0.2, 0.25) is 0 Å². The maximum absolute atomic E-state index is 12.2. The lowest BCUT2D eigenvalue weighted by molar-refractivity contribution is -0.138. The van der Waals surface area contributed by atoms with E-state index in [0.717, 1.165) is 6.42 Å². The van der Waals surface area contributed by atoms with Crippen molar-refractivity contribution in [1.29, 1.82) is 0 Å². The maximum Gasteiger partial charge on any atom is 0.226 e. The molecule has 1 aliphatic rings. The average Bonchev–Trinajstić information content (AvgIpc) is 2.59. The van der Waals surface area contributed by atoms with Gasteiger partial charge in [-0.1, -0.05) is 13.3 Å². The van der Waals surface area contributed by atoms with Gasteiger partial charge in [0.05, 0.1) is 6.61 Å². The van der Waals surface area contributed by atoms with E-state index in [1.165, 1.54) is 12.8 Å². The molecule has 0 aromatic rings. The Hall–Kier alpha value is -0.570. The van der Waals surface area contributed by atoms with Gasteiger partial charge in [0.15, 0.2) is 0 Å². The van der Waals surface area contributed by atoms with Crippen molar-refractivity contribution in [3.05, 3.63) is 0 Å². The van der Waals surface area contributed by atoms with Crippen LogP contribution in [0.1, 0.15) is 40.0 Å². The van der Waals surface area contributed by atoms with E-state index in [-0.39, 0.29) is 24.5 Å². The molecule has 0 aromatic carbocycles. The Morgan fingerprint density at radius 2 is 2.13 bits per heavy atom. The summed E-state index contributed by atoms with van der Waals surface area (Å²) in [6.45, 7) is 6.71. The molecule has 0 saturated heterocycles. The van der Waals surface area contributed by atoms with Gasteiger partial charge in [0, 0.05) is 18.5 Å². The number of nitrogens with zero attached hydrogens (tertiary/aromatic N) is 1. The molecule has 15 heavy (non-hydrogen) atoms. The van der Waals surface area contributed by atoms with Crippen LogP contribution < -0.4 is 0 Å². The van der Waals surface area contributed by atoms with E-state index in [2.05, 4.69) is 6.92 Å². The first-order valence-corrected chi connectivity index (χ1v) is 5.99. The smallest absolute Gasteiger partial charge is 0.226 e. The predicted octanol–water partition coefficient (Wildman–Crippen LogP) is 1.65. The Labute approximate surface area is 92.5 Å². The van der Waals surface area contributed by atoms with Gasteiger partial charge in [-0.3, -0.25) is 4.79 Å². The molecule has 1 N–H and O–H groups in total. The van der Waals surface area contributed by atoms with Gasteiger partial charge in [0.25, 0.3) is 0 Å². The second-order valence-corrected chi connectivity index (χ2v) is 4.86. The molecule has 0 radical (unpaired) electrons. The Kier molecular flexibility index (Phi) is 4.58. The molecule has 0 aromatic heterocycles. The molecule has 3 heteroatoms. The largest absolute Gasteiger partial charge is 0.395 e. The summed E-state index contributed by atoms with van der Waals surface area (Å²) in [5.41, 5.74) is 0. The fourth-order valence-electron chi connectivity index (χ4n) is 2.46. The van der Waals surface area contributed by atoms with Crippen LogP contribution in [0.15, 0.2) is 0 Å². The molecule has 1 amide bonds. The van der Waals surface area contributed by atoms with Gasteiger partial charge in [-0.2, -0.15) is 0 Å². The van der Waals surface area contributed by atoms with E-state index in [1.807, 2.05) is 18.7 Å². The van der Waals surface area contributed by atoms with E-state index < -0.39 is 0 Å². The first-order chi connectivity index (χ1) is 7.07. The third-order valence-electron chi connectivity index (χ3n) is 3.43. The number of carbonyl (C=O) groups excluding carboxylic acids is 1. The molecular formula is C12H23NO2.